The average Bonchev–Trinajstić information content (AvgIpc) is 2.79. The molecule has 7 nitrogen and oxygen atoms in total. The molecule has 0 aliphatic heterocycles. The second kappa shape index (κ2) is 12.5. The molecule has 10 heteroatoms. The van der Waals surface area contributed by atoms with Gasteiger partial charge in [0.1, 0.15) is 6.04 Å². The number of halogens is 2. The summed E-state index contributed by atoms with van der Waals surface area (Å²) >= 11 is 11.8. The first-order valence-corrected chi connectivity index (χ1v) is 13.2. The van der Waals surface area contributed by atoms with Crippen LogP contribution in [-0.2, 0) is 26.2 Å². The van der Waals surface area contributed by atoms with Crippen LogP contribution in [0.1, 0.15) is 32.8 Å². The van der Waals surface area contributed by atoms with Crippen LogP contribution in [0.15, 0.2) is 53.4 Å². The molecule has 34 heavy (non-hydrogen) atoms. The molecule has 0 spiro atoms. The lowest BCUT2D eigenvalue weighted by molar-refractivity contribution is -0.141. The molecule has 2 rings (SSSR count). The number of carbonyl (C=O) groups excluding carboxylic acids is 2. The molecular formula is C24H31Cl2N3O4S. The number of rotatable bonds is 11. The van der Waals surface area contributed by atoms with Crippen molar-refractivity contribution in [2.45, 2.75) is 44.7 Å². The first-order valence-electron chi connectivity index (χ1n) is 11.0. The zero-order valence-electron chi connectivity index (χ0n) is 19.8. The third-order valence-electron chi connectivity index (χ3n) is 5.22. The van der Waals surface area contributed by atoms with Gasteiger partial charge >= 0.3 is 0 Å². The summed E-state index contributed by atoms with van der Waals surface area (Å²) in [6.45, 7) is 5.97. The standard InChI is InChI=1S/C24H31Cl2N3O4S/c1-5-22(24(31)27-14-17(2)3)29(15-18-6-8-19(25)9-7-18)23(30)16-28(4)34(32,33)21-12-10-20(26)11-13-21/h6-13,17,22H,5,14-16H2,1-4H3,(H,27,31). The molecule has 0 saturated heterocycles. The molecule has 0 saturated carbocycles. The number of likely N-dealkylation sites (N-methyl/N-ethyl adjacent to an activating group) is 1. The Bertz CT molecular complexity index is 1070. The molecule has 0 bridgehead atoms. The maximum Gasteiger partial charge on any atom is 0.243 e. The van der Waals surface area contributed by atoms with E-state index in [0.717, 1.165) is 9.87 Å². The Balaban J connectivity index is 2.30. The van der Waals surface area contributed by atoms with Crippen LogP contribution in [0.3, 0.4) is 0 Å². The minimum Gasteiger partial charge on any atom is -0.354 e. The molecule has 186 valence electrons. The lowest BCUT2D eigenvalue weighted by Gasteiger charge is -2.32. The van der Waals surface area contributed by atoms with Crippen LogP contribution in [0.5, 0.6) is 0 Å². The maximum atomic E-state index is 13.4. The van der Waals surface area contributed by atoms with Crippen LogP contribution in [0.4, 0.5) is 0 Å². The van der Waals surface area contributed by atoms with Crippen LogP contribution in [0.2, 0.25) is 10.0 Å². The van der Waals surface area contributed by atoms with E-state index in [1.54, 1.807) is 24.3 Å². The topological polar surface area (TPSA) is 86.8 Å². The molecule has 2 aromatic rings. The average molecular weight is 529 g/mol. The Morgan fingerprint density at radius 2 is 1.50 bits per heavy atom. The fourth-order valence-electron chi connectivity index (χ4n) is 3.28. The second-order valence-corrected chi connectivity index (χ2v) is 11.3. The van der Waals surface area contributed by atoms with Gasteiger partial charge in [-0.3, -0.25) is 9.59 Å². The van der Waals surface area contributed by atoms with Crippen LogP contribution in [0.25, 0.3) is 0 Å². The summed E-state index contributed by atoms with van der Waals surface area (Å²) in [5, 5.41) is 3.84. The normalized spacial score (nSPS) is 12.6. The van der Waals surface area contributed by atoms with Gasteiger partial charge in [-0.2, -0.15) is 4.31 Å². The maximum absolute atomic E-state index is 13.4. The minimum atomic E-state index is -3.93. The summed E-state index contributed by atoms with van der Waals surface area (Å²) in [5.74, 6) is -0.513. The first-order chi connectivity index (χ1) is 15.9. The van der Waals surface area contributed by atoms with Crippen molar-refractivity contribution in [3.63, 3.8) is 0 Å². The number of hydrogen-bond acceptors (Lipinski definition) is 4. The molecular weight excluding hydrogens is 497 g/mol. The largest absolute Gasteiger partial charge is 0.354 e. The van der Waals surface area contributed by atoms with Crippen molar-refractivity contribution in [1.29, 1.82) is 0 Å². The number of nitrogens with one attached hydrogen (secondary N) is 1. The molecule has 0 radical (unpaired) electrons. The van der Waals surface area contributed by atoms with E-state index in [9.17, 15) is 18.0 Å². The number of benzene rings is 2. The van der Waals surface area contributed by atoms with Gasteiger partial charge in [0.2, 0.25) is 21.8 Å². The molecule has 2 aromatic carbocycles. The van der Waals surface area contributed by atoms with E-state index in [0.29, 0.717) is 23.0 Å². The summed E-state index contributed by atoms with van der Waals surface area (Å²) in [7, 11) is -2.59. The molecule has 2 amide bonds. The summed E-state index contributed by atoms with van der Waals surface area (Å²) in [6, 6.07) is 11.9. The van der Waals surface area contributed by atoms with Crippen molar-refractivity contribution in [3.8, 4) is 0 Å². The van der Waals surface area contributed by atoms with Gasteiger partial charge in [-0.25, -0.2) is 8.42 Å². The monoisotopic (exact) mass is 527 g/mol. The summed E-state index contributed by atoms with van der Waals surface area (Å²) in [5.41, 5.74) is 0.774. The molecule has 1 atom stereocenters. The third-order valence-corrected chi connectivity index (χ3v) is 7.54. The fraction of sp³-hybridized carbons (Fsp3) is 0.417. The Morgan fingerprint density at radius 1 is 0.971 bits per heavy atom. The lowest BCUT2D eigenvalue weighted by atomic mass is 10.1. The number of hydrogen-bond donors (Lipinski definition) is 1. The van der Waals surface area contributed by atoms with Crippen molar-refractivity contribution < 1.29 is 18.0 Å². The Labute approximate surface area is 212 Å². The van der Waals surface area contributed by atoms with Crippen molar-refractivity contribution in [3.05, 3.63) is 64.1 Å². The van der Waals surface area contributed by atoms with Crippen molar-refractivity contribution in [2.75, 3.05) is 20.1 Å². The summed E-state index contributed by atoms with van der Waals surface area (Å²) < 4.78 is 26.9. The third kappa shape index (κ3) is 7.70. The Hall–Kier alpha value is -2.13. The molecule has 0 aliphatic carbocycles. The number of nitrogens with zero attached hydrogens (tertiary/aromatic N) is 2. The van der Waals surface area contributed by atoms with Gasteiger partial charge in [0.15, 0.2) is 0 Å². The van der Waals surface area contributed by atoms with Crippen molar-refractivity contribution in [2.24, 2.45) is 5.92 Å². The van der Waals surface area contributed by atoms with Crippen molar-refractivity contribution in [1.82, 2.24) is 14.5 Å². The minimum absolute atomic E-state index is 0.0261. The van der Waals surface area contributed by atoms with Crippen LogP contribution < -0.4 is 5.32 Å². The number of carbonyl (C=O) groups is 2. The molecule has 0 aromatic heterocycles. The van der Waals surface area contributed by atoms with Crippen LogP contribution in [-0.4, -0.2) is 55.6 Å². The Kier molecular flexibility index (Phi) is 10.4. The molecule has 1 unspecified atom stereocenters. The lowest BCUT2D eigenvalue weighted by Crippen LogP contribution is -2.52. The molecule has 0 fully saturated rings. The number of sulfonamides is 1. The highest BCUT2D eigenvalue weighted by Crippen LogP contribution is 2.19. The number of amides is 2. The second-order valence-electron chi connectivity index (χ2n) is 8.43. The molecule has 0 aliphatic rings. The molecule has 1 N–H and O–H groups in total. The van der Waals surface area contributed by atoms with E-state index >= 15 is 0 Å². The van der Waals surface area contributed by atoms with Gasteiger partial charge < -0.3 is 10.2 Å². The Morgan fingerprint density at radius 3 is 2.00 bits per heavy atom. The van der Waals surface area contributed by atoms with E-state index in [1.807, 2.05) is 20.8 Å². The van der Waals surface area contributed by atoms with Crippen molar-refractivity contribution >= 4 is 45.0 Å². The summed E-state index contributed by atoms with van der Waals surface area (Å²) in [6.07, 6.45) is 0.372. The van der Waals surface area contributed by atoms with Gasteiger partial charge in [0.05, 0.1) is 11.4 Å². The highest BCUT2D eigenvalue weighted by atomic mass is 35.5. The SMILES string of the molecule is CCC(C(=O)NCC(C)C)N(Cc1ccc(Cl)cc1)C(=O)CN(C)S(=O)(=O)c1ccc(Cl)cc1. The van der Waals surface area contributed by atoms with E-state index in [1.165, 1.54) is 36.2 Å². The summed E-state index contributed by atoms with van der Waals surface area (Å²) in [4.78, 5) is 27.8. The van der Waals surface area contributed by atoms with Gasteiger partial charge in [0, 0.05) is 30.2 Å². The van der Waals surface area contributed by atoms with Gasteiger partial charge in [-0.15, -0.1) is 0 Å². The zero-order chi connectivity index (χ0) is 25.5. The van der Waals surface area contributed by atoms with E-state index in [2.05, 4.69) is 5.32 Å². The predicted octanol–water partition coefficient (Wildman–Crippen LogP) is 4.19. The van der Waals surface area contributed by atoms with Crippen LogP contribution in [0, 0.1) is 5.92 Å². The van der Waals surface area contributed by atoms with E-state index in [4.69, 9.17) is 23.2 Å². The first kappa shape index (κ1) is 28.1. The van der Waals surface area contributed by atoms with Gasteiger partial charge in [-0.1, -0.05) is 56.1 Å². The smallest absolute Gasteiger partial charge is 0.243 e. The van der Waals surface area contributed by atoms with Crippen LogP contribution >= 0.6 is 23.2 Å². The van der Waals surface area contributed by atoms with E-state index < -0.39 is 28.5 Å². The van der Waals surface area contributed by atoms with Gasteiger partial charge in [-0.05, 0) is 54.3 Å². The zero-order valence-corrected chi connectivity index (χ0v) is 22.1. The predicted molar refractivity (Wildman–Crippen MR) is 135 cm³/mol. The molecule has 0 heterocycles. The quantitative estimate of drug-likeness (QED) is 0.474. The van der Waals surface area contributed by atoms with E-state index in [-0.39, 0.29) is 23.3 Å². The fourth-order valence-corrected chi connectivity index (χ4v) is 4.65. The highest BCUT2D eigenvalue weighted by Gasteiger charge is 2.31. The highest BCUT2D eigenvalue weighted by molar-refractivity contribution is 7.89. The van der Waals surface area contributed by atoms with Gasteiger partial charge in [0.25, 0.3) is 0 Å².